The molecule has 6 heteroatoms. The highest BCUT2D eigenvalue weighted by molar-refractivity contribution is 8.00. The number of aliphatic hydroxyl groups is 1. The van der Waals surface area contributed by atoms with Crippen molar-refractivity contribution < 1.29 is 9.90 Å². The number of rotatable bonds is 5. The highest BCUT2D eigenvalue weighted by atomic mass is 35.5. The van der Waals surface area contributed by atoms with Crippen molar-refractivity contribution in [3.63, 3.8) is 0 Å². The number of hydrogen-bond acceptors (Lipinski definition) is 3. The van der Waals surface area contributed by atoms with Gasteiger partial charge in [-0.2, -0.15) is 0 Å². The van der Waals surface area contributed by atoms with Crippen molar-refractivity contribution in [1.82, 2.24) is 5.32 Å². The molecule has 1 aromatic carbocycles. The maximum absolute atomic E-state index is 11.5. The van der Waals surface area contributed by atoms with Gasteiger partial charge >= 0.3 is 0 Å². The van der Waals surface area contributed by atoms with Crippen LogP contribution in [-0.4, -0.2) is 28.9 Å². The highest BCUT2D eigenvalue weighted by Gasteiger charge is 2.14. The Hall–Kier alpha value is -0.420. The van der Waals surface area contributed by atoms with Gasteiger partial charge in [-0.3, -0.25) is 4.79 Å². The van der Waals surface area contributed by atoms with Crippen LogP contribution in [0, 0.1) is 0 Å². The molecule has 1 rings (SSSR count). The Bertz CT molecular complexity index is 433. The van der Waals surface area contributed by atoms with Crippen molar-refractivity contribution in [3.8, 4) is 0 Å². The summed E-state index contributed by atoms with van der Waals surface area (Å²) in [5.74, 6) is 0.0778. The van der Waals surface area contributed by atoms with E-state index in [4.69, 9.17) is 23.2 Å². The van der Waals surface area contributed by atoms with E-state index in [0.717, 1.165) is 4.90 Å². The first kappa shape index (κ1) is 15.6. The fraction of sp³-hybridized carbons (Fsp3) is 0.417. The normalized spacial score (nSPS) is 11.4. The third kappa shape index (κ3) is 5.96. The van der Waals surface area contributed by atoms with Crippen molar-refractivity contribution in [2.24, 2.45) is 0 Å². The number of nitrogens with one attached hydrogen (secondary N) is 1. The summed E-state index contributed by atoms with van der Waals surface area (Å²) in [5.41, 5.74) is -0.909. The molecule has 0 bridgehead atoms. The van der Waals surface area contributed by atoms with Crippen LogP contribution < -0.4 is 5.32 Å². The Morgan fingerprint density at radius 2 is 2.11 bits per heavy atom. The third-order valence-corrected chi connectivity index (χ3v) is 3.70. The summed E-state index contributed by atoms with van der Waals surface area (Å²) in [4.78, 5) is 12.3. The lowest BCUT2D eigenvalue weighted by atomic mass is 10.1. The highest BCUT2D eigenvalue weighted by Crippen LogP contribution is 2.29. The van der Waals surface area contributed by atoms with Crippen molar-refractivity contribution in [1.29, 1.82) is 0 Å². The molecule has 3 nitrogen and oxygen atoms in total. The molecule has 100 valence electrons. The number of benzene rings is 1. The summed E-state index contributed by atoms with van der Waals surface area (Å²) < 4.78 is 0. The fourth-order valence-electron chi connectivity index (χ4n) is 1.10. The van der Waals surface area contributed by atoms with Gasteiger partial charge in [-0.15, -0.1) is 11.8 Å². The summed E-state index contributed by atoms with van der Waals surface area (Å²) in [7, 11) is 0. The van der Waals surface area contributed by atoms with Gasteiger partial charge in [0.15, 0.2) is 0 Å². The number of carbonyl (C=O) groups is 1. The van der Waals surface area contributed by atoms with Gasteiger partial charge in [0.25, 0.3) is 0 Å². The van der Waals surface area contributed by atoms with Crippen molar-refractivity contribution >= 4 is 40.9 Å². The van der Waals surface area contributed by atoms with Gasteiger partial charge in [-0.05, 0) is 32.0 Å². The van der Waals surface area contributed by atoms with Crippen molar-refractivity contribution in [2.75, 3.05) is 12.3 Å². The smallest absolute Gasteiger partial charge is 0.230 e. The minimum Gasteiger partial charge on any atom is -0.389 e. The van der Waals surface area contributed by atoms with Gasteiger partial charge < -0.3 is 10.4 Å². The number of carbonyl (C=O) groups excluding carboxylic acids is 1. The molecule has 18 heavy (non-hydrogen) atoms. The number of hydrogen-bond donors (Lipinski definition) is 2. The van der Waals surface area contributed by atoms with Gasteiger partial charge in [-0.1, -0.05) is 23.2 Å². The molecule has 0 fully saturated rings. The molecule has 0 unspecified atom stereocenters. The fourth-order valence-corrected chi connectivity index (χ4v) is 2.42. The molecule has 2 N–H and O–H groups in total. The molecular formula is C12H15Cl2NO2S. The van der Waals surface area contributed by atoms with E-state index < -0.39 is 5.60 Å². The Kier molecular flexibility index (Phi) is 5.79. The second-order valence-electron chi connectivity index (χ2n) is 4.45. The Balaban J connectivity index is 2.45. The van der Waals surface area contributed by atoms with Crippen LogP contribution in [0.1, 0.15) is 13.8 Å². The molecule has 0 aromatic heterocycles. The van der Waals surface area contributed by atoms with Crippen LogP contribution in [0.15, 0.2) is 23.1 Å². The Labute approximate surface area is 121 Å². The maximum Gasteiger partial charge on any atom is 0.230 e. The van der Waals surface area contributed by atoms with Gasteiger partial charge in [0.1, 0.15) is 0 Å². The zero-order chi connectivity index (χ0) is 13.8. The van der Waals surface area contributed by atoms with Crippen LogP contribution in [0.4, 0.5) is 0 Å². The average molecular weight is 308 g/mol. The molecule has 0 radical (unpaired) electrons. The summed E-state index contributed by atoms with van der Waals surface area (Å²) in [6.07, 6.45) is 0. The quantitative estimate of drug-likeness (QED) is 0.822. The van der Waals surface area contributed by atoms with E-state index in [2.05, 4.69) is 5.32 Å². The molecule has 0 spiro atoms. The lowest BCUT2D eigenvalue weighted by Gasteiger charge is -2.17. The Morgan fingerprint density at radius 1 is 1.44 bits per heavy atom. The Morgan fingerprint density at radius 3 is 2.72 bits per heavy atom. The first-order chi connectivity index (χ1) is 8.28. The molecule has 1 amide bonds. The number of amides is 1. The van der Waals surface area contributed by atoms with Gasteiger partial charge in [0.2, 0.25) is 5.91 Å². The molecule has 0 aliphatic heterocycles. The van der Waals surface area contributed by atoms with E-state index in [-0.39, 0.29) is 18.2 Å². The van der Waals surface area contributed by atoms with E-state index in [0.29, 0.717) is 10.0 Å². The number of thioether (sulfide) groups is 1. The summed E-state index contributed by atoms with van der Waals surface area (Å²) in [6.45, 7) is 3.48. The van der Waals surface area contributed by atoms with Crippen molar-refractivity contribution in [2.45, 2.75) is 24.3 Å². The molecular weight excluding hydrogens is 293 g/mol. The van der Waals surface area contributed by atoms with E-state index in [1.165, 1.54) is 11.8 Å². The third-order valence-electron chi connectivity index (χ3n) is 1.97. The first-order valence-corrected chi connectivity index (χ1v) is 7.09. The monoisotopic (exact) mass is 307 g/mol. The summed E-state index contributed by atoms with van der Waals surface area (Å²) in [6, 6.07) is 5.11. The topological polar surface area (TPSA) is 49.3 Å². The van der Waals surface area contributed by atoms with E-state index >= 15 is 0 Å². The van der Waals surface area contributed by atoms with E-state index in [1.807, 2.05) is 0 Å². The van der Waals surface area contributed by atoms with Gasteiger partial charge in [0, 0.05) is 16.5 Å². The maximum atomic E-state index is 11.5. The van der Waals surface area contributed by atoms with Crippen LogP contribution in [0.2, 0.25) is 10.0 Å². The SMILES string of the molecule is CC(C)(O)CNC(=O)CSc1cc(Cl)ccc1Cl. The molecule has 0 saturated heterocycles. The van der Waals surface area contributed by atoms with Crippen LogP contribution in [0.3, 0.4) is 0 Å². The molecule has 0 heterocycles. The molecule has 0 atom stereocenters. The average Bonchev–Trinajstić information content (AvgIpc) is 2.26. The zero-order valence-corrected chi connectivity index (χ0v) is 12.5. The number of halogens is 2. The van der Waals surface area contributed by atoms with Crippen LogP contribution in [-0.2, 0) is 4.79 Å². The lowest BCUT2D eigenvalue weighted by Crippen LogP contribution is -2.38. The lowest BCUT2D eigenvalue weighted by molar-refractivity contribution is -0.119. The van der Waals surface area contributed by atoms with Gasteiger partial charge in [0.05, 0.1) is 16.4 Å². The summed E-state index contributed by atoms with van der Waals surface area (Å²) >= 11 is 13.1. The van der Waals surface area contributed by atoms with Crippen LogP contribution >= 0.6 is 35.0 Å². The second-order valence-corrected chi connectivity index (χ2v) is 6.31. The van der Waals surface area contributed by atoms with Crippen molar-refractivity contribution in [3.05, 3.63) is 28.2 Å². The largest absolute Gasteiger partial charge is 0.389 e. The van der Waals surface area contributed by atoms with E-state index in [1.54, 1.807) is 32.0 Å². The molecule has 1 aromatic rings. The predicted molar refractivity (Wildman–Crippen MR) is 76.5 cm³/mol. The van der Waals surface area contributed by atoms with E-state index in [9.17, 15) is 9.90 Å². The molecule has 0 aliphatic carbocycles. The van der Waals surface area contributed by atoms with Gasteiger partial charge in [-0.25, -0.2) is 0 Å². The predicted octanol–water partition coefficient (Wildman–Crippen LogP) is 2.97. The van der Waals surface area contributed by atoms with Crippen LogP contribution in [0.5, 0.6) is 0 Å². The minimum atomic E-state index is -0.909. The zero-order valence-electron chi connectivity index (χ0n) is 10.2. The van der Waals surface area contributed by atoms with Crippen LogP contribution in [0.25, 0.3) is 0 Å². The second kappa shape index (κ2) is 6.66. The first-order valence-electron chi connectivity index (χ1n) is 5.35. The molecule has 0 aliphatic rings. The minimum absolute atomic E-state index is 0.154. The molecule has 0 saturated carbocycles. The standard InChI is InChI=1S/C12H15Cl2NO2S/c1-12(2,17)7-15-11(16)6-18-10-5-8(13)3-4-9(10)14/h3-5,17H,6-7H2,1-2H3,(H,15,16). The summed E-state index contributed by atoms with van der Waals surface area (Å²) in [5, 5.41) is 13.3.